The lowest BCUT2D eigenvalue weighted by atomic mass is 9.90. The van der Waals surface area contributed by atoms with Crippen LogP contribution in [0.25, 0.3) is 5.69 Å². The third-order valence-corrected chi connectivity index (χ3v) is 6.32. The van der Waals surface area contributed by atoms with Crippen LogP contribution in [0.1, 0.15) is 39.8 Å². The van der Waals surface area contributed by atoms with Crippen molar-refractivity contribution in [1.29, 1.82) is 0 Å². The van der Waals surface area contributed by atoms with Crippen LogP contribution in [0.5, 0.6) is 17.2 Å². The standard InChI is InChI=1S/C24H28N6O5/c1-29-11-9-16-13-18-21(35-14-34-18)22(33-3)19(16)20(29)23-26-27-28-30(23)17-7-5-15(6-8-17)24(31)25-10-4-12-32-2/h5-8,13,20H,4,9-12,14H2,1-3H3,(H,25,31). The molecule has 0 aliphatic carbocycles. The fourth-order valence-electron chi connectivity index (χ4n) is 4.58. The molecule has 11 nitrogen and oxygen atoms in total. The highest BCUT2D eigenvalue weighted by atomic mass is 16.7. The van der Waals surface area contributed by atoms with Crippen molar-refractivity contribution >= 4 is 5.91 Å². The van der Waals surface area contributed by atoms with E-state index in [2.05, 4.69) is 25.7 Å². The van der Waals surface area contributed by atoms with Gasteiger partial charge >= 0.3 is 0 Å². The molecule has 1 unspecified atom stereocenters. The molecule has 3 aromatic rings. The molecule has 0 saturated heterocycles. The Labute approximate surface area is 202 Å². The molecule has 2 aliphatic rings. The van der Waals surface area contributed by atoms with Crippen LogP contribution >= 0.6 is 0 Å². The SMILES string of the molecule is COCCCNC(=O)c1ccc(-n2nnnc2C2c3c(cc4c(c3OC)OCO4)CCN2C)cc1. The minimum atomic E-state index is -0.262. The lowest BCUT2D eigenvalue weighted by molar-refractivity contribution is 0.0948. The summed E-state index contributed by atoms with van der Waals surface area (Å²) >= 11 is 0. The number of nitrogens with one attached hydrogen (secondary N) is 1. The van der Waals surface area contributed by atoms with Gasteiger partial charge in [0.2, 0.25) is 12.5 Å². The molecule has 0 spiro atoms. The molecule has 0 bridgehead atoms. The van der Waals surface area contributed by atoms with E-state index in [1.165, 1.54) is 0 Å². The topological polar surface area (TPSA) is 113 Å². The molecule has 11 heteroatoms. The second-order valence-corrected chi connectivity index (χ2v) is 8.45. The van der Waals surface area contributed by atoms with Gasteiger partial charge in [0.15, 0.2) is 17.3 Å². The van der Waals surface area contributed by atoms with Gasteiger partial charge < -0.3 is 24.3 Å². The van der Waals surface area contributed by atoms with Crippen LogP contribution in [0.3, 0.4) is 0 Å². The Morgan fingerprint density at radius 3 is 2.83 bits per heavy atom. The zero-order valence-corrected chi connectivity index (χ0v) is 20.0. The number of carbonyl (C=O) groups is 1. The van der Waals surface area contributed by atoms with E-state index in [-0.39, 0.29) is 18.7 Å². The number of ether oxygens (including phenoxy) is 4. The second kappa shape index (κ2) is 9.88. The molecule has 1 aromatic heterocycles. The van der Waals surface area contributed by atoms with E-state index in [1.54, 1.807) is 31.0 Å². The Hall–Kier alpha value is -3.70. The van der Waals surface area contributed by atoms with Gasteiger partial charge in [-0.1, -0.05) is 0 Å². The highest BCUT2D eigenvalue weighted by Crippen LogP contribution is 2.50. The number of aromatic nitrogens is 4. The normalized spacial score (nSPS) is 16.7. The van der Waals surface area contributed by atoms with Gasteiger partial charge in [-0.3, -0.25) is 9.69 Å². The highest BCUT2D eigenvalue weighted by Gasteiger charge is 2.37. The molecule has 0 saturated carbocycles. The van der Waals surface area contributed by atoms with E-state index in [0.717, 1.165) is 36.2 Å². The van der Waals surface area contributed by atoms with Gasteiger partial charge in [-0.25, -0.2) is 0 Å². The van der Waals surface area contributed by atoms with Crippen LogP contribution in [0, 0.1) is 0 Å². The molecule has 35 heavy (non-hydrogen) atoms. The van der Waals surface area contributed by atoms with Gasteiger partial charge in [0.25, 0.3) is 5.91 Å². The van der Waals surface area contributed by atoms with Gasteiger partial charge in [-0.05, 0) is 66.2 Å². The van der Waals surface area contributed by atoms with Crippen LogP contribution < -0.4 is 19.5 Å². The second-order valence-electron chi connectivity index (χ2n) is 8.45. The minimum Gasteiger partial charge on any atom is -0.492 e. The number of likely N-dealkylation sites (N-methyl/N-ethyl adjacent to an activating group) is 1. The monoisotopic (exact) mass is 480 g/mol. The smallest absolute Gasteiger partial charge is 0.251 e. The summed E-state index contributed by atoms with van der Waals surface area (Å²) in [5, 5.41) is 15.5. The van der Waals surface area contributed by atoms with Crippen molar-refractivity contribution in [2.75, 3.05) is 47.8 Å². The van der Waals surface area contributed by atoms with Crippen molar-refractivity contribution in [2.24, 2.45) is 0 Å². The van der Waals surface area contributed by atoms with E-state index in [9.17, 15) is 4.79 Å². The maximum absolute atomic E-state index is 12.4. The molecule has 3 heterocycles. The molecule has 1 atom stereocenters. The predicted octanol–water partition coefficient (Wildman–Crippen LogP) is 1.74. The van der Waals surface area contributed by atoms with E-state index in [0.29, 0.717) is 41.8 Å². The van der Waals surface area contributed by atoms with Crippen LogP contribution in [0.15, 0.2) is 30.3 Å². The largest absolute Gasteiger partial charge is 0.492 e. The highest BCUT2D eigenvalue weighted by molar-refractivity contribution is 5.94. The number of hydrogen-bond acceptors (Lipinski definition) is 9. The Balaban J connectivity index is 1.46. The first kappa shape index (κ1) is 23.1. The number of benzene rings is 2. The van der Waals surface area contributed by atoms with Crippen molar-refractivity contribution in [3.63, 3.8) is 0 Å². The summed E-state index contributed by atoms with van der Waals surface area (Å²) in [5.41, 5.74) is 3.40. The molecule has 1 N–H and O–H groups in total. The van der Waals surface area contributed by atoms with Crippen LogP contribution in [-0.4, -0.2) is 78.8 Å². The minimum absolute atomic E-state index is 0.133. The summed E-state index contributed by atoms with van der Waals surface area (Å²) in [6.07, 6.45) is 1.60. The molecule has 184 valence electrons. The van der Waals surface area contributed by atoms with Gasteiger partial charge in [0, 0.05) is 37.9 Å². The number of methoxy groups -OCH3 is 2. The number of amides is 1. The van der Waals surface area contributed by atoms with Crippen LogP contribution in [0.4, 0.5) is 0 Å². The number of rotatable bonds is 8. The van der Waals surface area contributed by atoms with Gasteiger partial charge in [0.1, 0.15) is 6.04 Å². The van der Waals surface area contributed by atoms with E-state index in [4.69, 9.17) is 18.9 Å². The Kier molecular flexibility index (Phi) is 6.51. The fraction of sp³-hybridized carbons (Fsp3) is 0.417. The zero-order valence-electron chi connectivity index (χ0n) is 20.0. The van der Waals surface area contributed by atoms with Crippen molar-refractivity contribution in [3.8, 4) is 22.9 Å². The van der Waals surface area contributed by atoms with Crippen LogP contribution in [-0.2, 0) is 11.2 Å². The zero-order chi connectivity index (χ0) is 24.4. The average molecular weight is 481 g/mol. The molecule has 0 radical (unpaired) electrons. The maximum Gasteiger partial charge on any atom is 0.251 e. The molecular weight excluding hydrogens is 452 g/mol. The summed E-state index contributed by atoms with van der Waals surface area (Å²) in [7, 11) is 5.31. The molecule has 1 amide bonds. The first-order chi connectivity index (χ1) is 17.1. The summed E-state index contributed by atoms with van der Waals surface area (Å²) in [6.45, 7) is 2.14. The average Bonchev–Trinajstić information content (AvgIpc) is 3.55. The molecule has 2 aromatic carbocycles. The summed E-state index contributed by atoms with van der Waals surface area (Å²) in [4.78, 5) is 14.6. The first-order valence-electron chi connectivity index (χ1n) is 11.5. The fourth-order valence-corrected chi connectivity index (χ4v) is 4.58. The number of hydrogen-bond donors (Lipinski definition) is 1. The number of carbonyl (C=O) groups excluding carboxylic acids is 1. The Bertz CT molecular complexity index is 1210. The third-order valence-electron chi connectivity index (χ3n) is 6.32. The molecule has 5 rings (SSSR count). The van der Waals surface area contributed by atoms with Crippen molar-refractivity contribution < 1.29 is 23.7 Å². The summed E-state index contributed by atoms with van der Waals surface area (Å²) in [6, 6.07) is 8.97. The summed E-state index contributed by atoms with van der Waals surface area (Å²) in [5.74, 6) is 2.45. The number of tetrazole rings is 1. The Morgan fingerprint density at radius 1 is 1.23 bits per heavy atom. The van der Waals surface area contributed by atoms with Gasteiger partial charge in [0.05, 0.1) is 12.8 Å². The van der Waals surface area contributed by atoms with E-state index >= 15 is 0 Å². The first-order valence-corrected chi connectivity index (χ1v) is 11.5. The Morgan fingerprint density at radius 2 is 2.06 bits per heavy atom. The lowest BCUT2D eigenvalue weighted by Gasteiger charge is -2.34. The van der Waals surface area contributed by atoms with Crippen molar-refractivity contribution in [3.05, 3.63) is 52.8 Å². The number of fused-ring (bicyclic) bond motifs is 2. The molecular formula is C24H28N6O5. The maximum atomic E-state index is 12.4. The van der Waals surface area contributed by atoms with Gasteiger partial charge in [-0.15, -0.1) is 5.10 Å². The van der Waals surface area contributed by atoms with E-state index in [1.807, 2.05) is 25.2 Å². The number of nitrogens with zero attached hydrogens (tertiary/aromatic N) is 5. The lowest BCUT2D eigenvalue weighted by Crippen LogP contribution is -2.35. The van der Waals surface area contributed by atoms with Crippen molar-refractivity contribution in [1.82, 2.24) is 30.4 Å². The van der Waals surface area contributed by atoms with E-state index < -0.39 is 0 Å². The van der Waals surface area contributed by atoms with Gasteiger partial charge in [-0.2, -0.15) is 4.68 Å². The molecule has 2 aliphatic heterocycles. The van der Waals surface area contributed by atoms with Crippen LogP contribution in [0.2, 0.25) is 0 Å². The van der Waals surface area contributed by atoms with Crippen molar-refractivity contribution in [2.45, 2.75) is 18.9 Å². The third kappa shape index (κ3) is 4.28. The molecule has 0 fully saturated rings. The predicted molar refractivity (Wildman–Crippen MR) is 125 cm³/mol. The summed E-state index contributed by atoms with van der Waals surface area (Å²) < 4.78 is 23.8. The quantitative estimate of drug-likeness (QED) is 0.482.